The number of hydrogen-bond acceptors (Lipinski definition) is 11. The van der Waals surface area contributed by atoms with E-state index in [1.54, 1.807) is 0 Å². The van der Waals surface area contributed by atoms with E-state index in [1.165, 1.54) is 0 Å². The molecule has 260 valence electrons. The summed E-state index contributed by atoms with van der Waals surface area (Å²) in [6, 6.07) is 38.2. The van der Waals surface area contributed by atoms with E-state index in [2.05, 4.69) is 0 Å². The van der Waals surface area contributed by atoms with Gasteiger partial charge in [-0.1, -0.05) is 121 Å². The maximum absolute atomic E-state index is 11.8. The number of ether oxygens (including phenoxy) is 3. The van der Waals surface area contributed by atoms with Gasteiger partial charge in [0.1, 0.15) is 48.8 Å². The Labute approximate surface area is 286 Å². The first-order valence-corrected chi connectivity index (χ1v) is 18.5. The molecule has 0 aromatic heterocycles. The molecule has 0 spiro atoms. The summed E-state index contributed by atoms with van der Waals surface area (Å²) in [6.45, 7) is -1.27. The first-order valence-electron chi connectivity index (χ1n) is 15.9. The average Bonchev–Trinajstić information content (AvgIpc) is 3.15. The molecule has 0 aliphatic carbocycles. The second kappa shape index (κ2) is 17.0. The fourth-order valence-electron chi connectivity index (χ4n) is 5.73. The SMILES string of the molecule is OCC1OC(OC2OC(CO)C(O)C(OP(c3ccccc3)c3ccccc3)C2OP(c2ccccc2)c2ccccc2)C(O)C(O)C1O. The van der Waals surface area contributed by atoms with Crippen LogP contribution < -0.4 is 21.2 Å². The second-order valence-electron chi connectivity index (χ2n) is 11.6. The molecule has 4 aromatic rings. The van der Waals surface area contributed by atoms with Gasteiger partial charge in [-0.3, -0.25) is 0 Å². The summed E-state index contributed by atoms with van der Waals surface area (Å²) in [6.07, 6.45) is -14.3. The molecule has 0 amide bonds. The lowest BCUT2D eigenvalue weighted by molar-refractivity contribution is -0.371. The number of hydrogen-bond donors (Lipinski definition) is 6. The van der Waals surface area contributed by atoms with Crippen LogP contribution in [0.3, 0.4) is 0 Å². The number of aliphatic hydroxyl groups is 6. The van der Waals surface area contributed by atoms with Gasteiger partial charge < -0.3 is 53.9 Å². The fraction of sp³-hybridized carbons (Fsp3) is 0.333. The zero-order chi connectivity index (χ0) is 34.3. The van der Waals surface area contributed by atoms with Gasteiger partial charge in [0.15, 0.2) is 12.6 Å². The van der Waals surface area contributed by atoms with Gasteiger partial charge in [-0.15, -0.1) is 0 Å². The molecule has 11 nitrogen and oxygen atoms in total. The summed E-state index contributed by atoms with van der Waals surface area (Å²) < 4.78 is 31.9. The summed E-state index contributed by atoms with van der Waals surface area (Å²) in [5, 5.41) is 67.3. The van der Waals surface area contributed by atoms with Crippen LogP contribution in [0.1, 0.15) is 0 Å². The largest absolute Gasteiger partial charge is 0.394 e. The van der Waals surface area contributed by atoms with Gasteiger partial charge in [-0.25, -0.2) is 0 Å². The van der Waals surface area contributed by atoms with Crippen LogP contribution in [0.15, 0.2) is 121 Å². The minimum atomic E-state index is -1.74. The van der Waals surface area contributed by atoms with Gasteiger partial charge >= 0.3 is 0 Å². The van der Waals surface area contributed by atoms with E-state index in [-0.39, 0.29) is 0 Å². The van der Waals surface area contributed by atoms with Crippen molar-refractivity contribution in [3.63, 3.8) is 0 Å². The van der Waals surface area contributed by atoms with E-state index >= 15 is 0 Å². The summed E-state index contributed by atoms with van der Waals surface area (Å²) in [5.74, 6) is 0. The highest BCUT2D eigenvalue weighted by Gasteiger charge is 2.53. The first kappa shape index (κ1) is 36.1. The van der Waals surface area contributed by atoms with Crippen LogP contribution in [-0.2, 0) is 23.3 Å². The molecule has 2 heterocycles. The minimum absolute atomic E-state index is 0.608. The Morgan fingerprint density at radius 2 is 0.816 bits per heavy atom. The highest BCUT2D eigenvalue weighted by atomic mass is 31.1. The Bertz CT molecular complexity index is 1480. The second-order valence-corrected chi connectivity index (χ2v) is 15.3. The van der Waals surface area contributed by atoms with Crippen molar-refractivity contribution in [3.8, 4) is 0 Å². The van der Waals surface area contributed by atoms with Gasteiger partial charge in [0, 0.05) is 21.2 Å². The number of aliphatic hydroxyl groups excluding tert-OH is 6. The van der Waals surface area contributed by atoms with Crippen molar-refractivity contribution >= 4 is 37.5 Å². The highest BCUT2D eigenvalue weighted by molar-refractivity contribution is 7.69. The summed E-state index contributed by atoms with van der Waals surface area (Å²) in [5.41, 5.74) is 0. The summed E-state index contributed by atoms with van der Waals surface area (Å²) in [7, 11) is -3.17. The van der Waals surface area contributed by atoms with E-state index in [0.29, 0.717) is 0 Å². The van der Waals surface area contributed by atoms with Crippen LogP contribution in [0.5, 0.6) is 0 Å². The number of benzene rings is 4. The molecule has 4 aromatic carbocycles. The van der Waals surface area contributed by atoms with Crippen LogP contribution in [0.4, 0.5) is 0 Å². The maximum atomic E-state index is 11.8. The molecular weight excluding hydrogens is 670 g/mol. The zero-order valence-corrected chi connectivity index (χ0v) is 28.1. The smallest absolute Gasteiger partial charge is 0.190 e. The fourth-order valence-corrected chi connectivity index (χ4v) is 9.54. The Balaban J connectivity index is 1.43. The van der Waals surface area contributed by atoms with E-state index < -0.39 is 90.9 Å². The van der Waals surface area contributed by atoms with E-state index in [0.717, 1.165) is 21.2 Å². The molecule has 2 aliphatic heterocycles. The lowest BCUT2D eigenvalue weighted by atomic mass is 9.98. The summed E-state index contributed by atoms with van der Waals surface area (Å²) in [4.78, 5) is 0. The third kappa shape index (κ3) is 8.28. The molecule has 2 fully saturated rings. The lowest BCUT2D eigenvalue weighted by Gasteiger charge is -2.47. The van der Waals surface area contributed by atoms with Crippen molar-refractivity contribution in [1.82, 2.24) is 0 Å². The van der Waals surface area contributed by atoms with Crippen molar-refractivity contribution in [1.29, 1.82) is 0 Å². The maximum Gasteiger partial charge on any atom is 0.190 e. The molecule has 0 radical (unpaired) electrons. The van der Waals surface area contributed by atoms with Crippen molar-refractivity contribution in [2.24, 2.45) is 0 Å². The standard InChI is InChI=1S/C36H40O11P2/c37-21-27-29(39)31(41)32(42)35(43-27)45-36-34(47-49(25-17-9-3-10-18-25)26-19-11-4-12-20-26)33(30(40)28(22-38)44-36)46-48(23-13-5-1-6-14-23)24-15-7-2-8-16-24/h1-20,27-42H,21-22H2. The highest BCUT2D eigenvalue weighted by Crippen LogP contribution is 2.46. The lowest BCUT2D eigenvalue weighted by Crippen LogP contribution is -2.64. The predicted molar refractivity (Wildman–Crippen MR) is 184 cm³/mol. The molecule has 0 saturated carbocycles. The predicted octanol–water partition coefficient (Wildman–Crippen LogP) is 0.747. The molecule has 2 saturated heterocycles. The van der Waals surface area contributed by atoms with Crippen LogP contribution >= 0.6 is 16.3 Å². The quantitative estimate of drug-likeness (QED) is 0.115. The van der Waals surface area contributed by atoms with Crippen molar-refractivity contribution in [3.05, 3.63) is 121 Å². The zero-order valence-electron chi connectivity index (χ0n) is 26.4. The molecule has 2 aliphatic rings. The molecule has 13 heteroatoms. The van der Waals surface area contributed by atoms with Crippen molar-refractivity contribution < 1.29 is 53.9 Å². The Kier molecular flexibility index (Phi) is 12.5. The molecular formula is C36H40O11P2. The Morgan fingerprint density at radius 3 is 1.22 bits per heavy atom. The summed E-state index contributed by atoms with van der Waals surface area (Å²) >= 11 is 0. The number of rotatable bonds is 12. The molecule has 0 bridgehead atoms. The molecule has 49 heavy (non-hydrogen) atoms. The van der Waals surface area contributed by atoms with Crippen molar-refractivity contribution in [2.45, 2.75) is 61.4 Å². The van der Waals surface area contributed by atoms with Crippen LogP contribution in [-0.4, -0.2) is 105 Å². The van der Waals surface area contributed by atoms with Crippen molar-refractivity contribution in [2.75, 3.05) is 13.2 Å². The van der Waals surface area contributed by atoms with Crippen LogP contribution in [0.2, 0.25) is 0 Å². The van der Waals surface area contributed by atoms with E-state index in [9.17, 15) is 30.6 Å². The molecule has 10 unspecified atom stereocenters. The van der Waals surface area contributed by atoms with Gasteiger partial charge in [0.25, 0.3) is 0 Å². The molecule has 10 atom stereocenters. The topological polar surface area (TPSA) is 168 Å². The molecule has 6 N–H and O–H groups in total. The average molecular weight is 711 g/mol. The third-order valence-electron chi connectivity index (χ3n) is 8.33. The van der Waals surface area contributed by atoms with Gasteiger partial charge in [-0.2, -0.15) is 0 Å². The van der Waals surface area contributed by atoms with Crippen LogP contribution in [0.25, 0.3) is 0 Å². The van der Waals surface area contributed by atoms with Gasteiger partial charge in [0.05, 0.1) is 29.5 Å². The monoisotopic (exact) mass is 710 g/mol. The minimum Gasteiger partial charge on any atom is -0.394 e. The third-order valence-corrected chi connectivity index (χ3v) is 12.3. The van der Waals surface area contributed by atoms with E-state index in [4.69, 9.17) is 23.3 Å². The van der Waals surface area contributed by atoms with Gasteiger partial charge in [-0.05, 0) is 0 Å². The van der Waals surface area contributed by atoms with E-state index in [1.807, 2.05) is 121 Å². The molecule has 6 rings (SSSR count). The van der Waals surface area contributed by atoms with Gasteiger partial charge in [0.2, 0.25) is 0 Å². The Hall–Kier alpha value is -2.70. The van der Waals surface area contributed by atoms with Crippen LogP contribution in [0, 0.1) is 0 Å². The first-order chi connectivity index (χ1) is 23.9. The normalized spacial score (nSPS) is 30.4. The Morgan fingerprint density at radius 1 is 0.449 bits per heavy atom.